The van der Waals surface area contributed by atoms with Crippen LogP contribution in [0.5, 0.6) is 0 Å². The lowest BCUT2D eigenvalue weighted by Gasteiger charge is -2.11. The number of nitrogens with zero attached hydrogens (tertiary/aromatic N) is 3. The molecule has 0 unspecified atom stereocenters. The third kappa shape index (κ3) is 2.55. The minimum absolute atomic E-state index is 0.900. The average Bonchev–Trinajstić information content (AvgIpc) is 3.33. The van der Waals surface area contributed by atoms with Gasteiger partial charge in [-0.25, -0.2) is 4.98 Å². The fourth-order valence-electron chi connectivity index (χ4n) is 4.71. The summed E-state index contributed by atoms with van der Waals surface area (Å²) in [6.45, 7) is 2.18. The van der Waals surface area contributed by atoms with Gasteiger partial charge in [0.25, 0.3) is 5.52 Å². The summed E-state index contributed by atoms with van der Waals surface area (Å²) in [5.74, 6) is 0.984. The first-order valence-electron chi connectivity index (χ1n) is 10.5. The topological polar surface area (TPSA) is 34.8 Å². The van der Waals surface area contributed by atoms with Gasteiger partial charge < -0.3 is 8.98 Å². The van der Waals surface area contributed by atoms with Crippen molar-refractivity contribution in [3.63, 3.8) is 0 Å². The molecule has 3 heterocycles. The molecule has 150 valence electrons. The molecular weight excluding hydrogens is 382 g/mol. The number of pyridine rings is 1. The molecule has 4 heteroatoms. The van der Waals surface area contributed by atoms with E-state index in [1.807, 2.05) is 18.2 Å². The molecule has 0 amide bonds. The number of para-hydroxylation sites is 3. The molecule has 0 atom stereocenters. The number of imidazole rings is 1. The lowest BCUT2D eigenvalue weighted by molar-refractivity contribution is -0.632. The summed E-state index contributed by atoms with van der Waals surface area (Å²) in [4.78, 5) is 4.92. The smallest absolute Gasteiger partial charge is 0.259 e. The summed E-state index contributed by atoms with van der Waals surface area (Å²) in [5, 5.41) is 1.13. The Bertz CT molecular complexity index is 1620. The maximum absolute atomic E-state index is 6.06. The van der Waals surface area contributed by atoms with Gasteiger partial charge in [-0.05, 0) is 48.9 Å². The number of hydrogen-bond acceptors (Lipinski definition) is 2. The molecule has 0 aliphatic heterocycles. The first kappa shape index (κ1) is 17.9. The summed E-state index contributed by atoms with van der Waals surface area (Å²) in [5.41, 5.74) is 9.78. The molecule has 0 aliphatic rings. The molecule has 0 radical (unpaired) electrons. The van der Waals surface area contributed by atoms with Crippen LogP contribution in [0, 0.1) is 6.92 Å². The van der Waals surface area contributed by atoms with Gasteiger partial charge in [-0.1, -0.05) is 36.4 Å². The van der Waals surface area contributed by atoms with Gasteiger partial charge in [-0.3, -0.25) is 0 Å². The van der Waals surface area contributed by atoms with Crippen LogP contribution < -0.4 is 4.57 Å². The van der Waals surface area contributed by atoms with Crippen LogP contribution in [0.2, 0.25) is 0 Å². The van der Waals surface area contributed by atoms with Crippen molar-refractivity contribution in [2.75, 3.05) is 0 Å². The largest absolute Gasteiger partial charge is 0.449 e. The summed E-state index contributed by atoms with van der Waals surface area (Å²) >= 11 is 0. The van der Waals surface area contributed by atoms with E-state index >= 15 is 0 Å². The van der Waals surface area contributed by atoms with Crippen LogP contribution in [0.25, 0.3) is 55.7 Å². The first-order chi connectivity index (χ1) is 15.1. The van der Waals surface area contributed by atoms with E-state index in [1.54, 1.807) is 0 Å². The Hall–Kier alpha value is -3.92. The summed E-state index contributed by atoms with van der Waals surface area (Å²) in [7, 11) is 4.20. The Balaban J connectivity index is 1.59. The minimum atomic E-state index is 0.900. The Morgan fingerprint density at radius 1 is 0.806 bits per heavy atom. The zero-order chi connectivity index (χ0) is 21.1. The minimum Gasteiger partial charge on any atom is -0.449 e. The molecule has 3 aromatic carbocycles. The Kier molecular flexibility index (Phi) is 3.78. The molecule has 6 rings (SSSR count). The SMILES string of the molecule is Cc1c(-c2nc3ccccc3n2C)cccc1-c1ccc2oc3ccccc3c2[n+]1C. The van der Waals surface area contributed by atoms with Gasteiger partial charge in [0.05, 0.1) is 16.4 Å². The number of hydrogen-bond donors (Lipinski definition) is 0. The van der Waals surface area contributed by atoms with Crippen molar-refractivity contribution in [3.8, 4) is 22.6 Å². The zero-order valence-electron chi connectivity index (χ0n) is 17.8. The number of benzene rings is 3. The molecule has 6 aromatic rings. The highest BCUT2D eigenvalue weighted by Crippen LogP contribution is 2.33. The molecule has 31 heavy (non-hydrogen) atoms. The fourth-order valence-corrected chi connectivity index (χ4v) is 4.71. The number of aryl methyl sites for hydroxylation is 2. The summed E-state index contributed by atoms with van der Waals surface area (Å²) < 4.78 is 10.5. The molecule has 0 N–H and O–H groups in total. The number of aromatic nitrogens is 3. The molecule has 0 aliphatic carbocycles. The standard InChI is InChI=1S/C27H22N3O/c1-17-18(10-8-11-19(17)27-28-21-12-5-6-13-23(21)30(27)3)22-15-16-25-26(29(22)2)20-9-4-7-14-24(20)31-25/h4-16H,1-3H3/q+1. The van der Waals surface area contributed by atoms with E-state index < -0.39 is 0 Å². The normalized spacial score (nSPS) is 11.7. The van der Waals surface area contributed by atoms with E-state index in [0.29, 0.717) is 0 Å². The molecule has 0 fully saturated rings. The summed E-state index contributed by atoms with van der Waals surface area (Å²) in [6.07, 6.45) is 0. The van der Waals surface area contributed by atoms with E-state index in [1.165, 1.54) is 11.1 Å². The van der Waals surface area contributed by atoms with Crippen LogP contribution in [0.4, 0.5) is 0 Å². The van der Waals surface area contributed by atoms with Crippen LogP contribution in [0.1, 0.15) is 5.56 Å². The Morgan fingerprint density at radius 2 is 1.58 bits per heavy atom. The predicted molar refractivity (Wildman–Crippen MR) is 125 cm³/mol. The van der Waals surface area contributed by atoms with E-state index in [2.05, 4.69) is 90.8 Å². The van der Waals surface area contributed by atoms with Gasteiger partial charge in [0.1, 0.15) is 18.5 Å². The molecule has 0 saturated heterocycles. The molecular formula is C27H22N3O+. The van der Waals surface area contributed by atoms with Crippen LogP contribution in [-0.2, 0) is 14.1 Å². The monoisotopic (exact) mass is 404 g/mol. The summed E-state index contributed by atoms with van der Waals surface area (Å²) in [6, 6.07) is 27.2. The van der Waals surface area contributed by atoms with Crippen molar-refractivity contribution in [3.05, 3.63) is 84.4 Å². The highest BCUT2D eigenvalue weighted by atomic mass is 16.3. The number of furan rings is 1. The highest BCUT2D eigenvalue weighted by molar-refractivity contribution is 6.00. The van der Waals surface area contributed by atoms with E-state index in [0.717, 1.165) is 50.2 Å². The lowest BCUT2D eigenvalue weighted by atomic mass is 9.98. The van der Waals surface area contributed by atoms with Gasteiger partial charge in [0.2, 0.25) is 5.69 Å². The van der Waals surface area contributed by atoms with Gasteiger partial charge >= 0.3 is 0 Å². The second-order valence-electron chi connectivity index (χ2n) is 8.05. The van der Waals surface area contributed by atoms with Crippen LogP contribution >= 0.6 is 0 Å². The number of rotatable bonds is 2. The second-order valence-corrected chi connectivity index (χ2v) is 8.05. The van der Waals surface area contributed by atoms with Crippen molar-refractivity contribution < 1.29 is 8.98 Å². The van der Waals surface area contributed by atoms with Crippen molar-refractivity contribution in [1.82, 2.24) is 9.55 Å². The number of fused-ring (bicyclic) bond motifs is 4. The maximum Gasteiger partial charge on any atom is 0.259 e. The Morgan fingerprint density at radius 3 is 2.45 bits per heavy atom. The first-order valence-corrected chi connectivity index (χ1v) is 10.5. The van der Waals surface area contributed by atoms with Crippen molar-refractivity contribution in [1.29, 1.82) is 0 Å². The van der Waals surface area contributed by atoms with Crippen LogP contribution in [0.15, 0.2) is 83.3 Å². The molecule has 0 spiro atoms. The van der Waals surface area contributed by atoms with E-state index in [9.17, 15) is 0 Å². The maximum atomic E-state index is 6.06. The molecule has 0 saturated carbocycles. The van der Waals surface area contributed by atoms with Gasteiger partial charge in [-0.15, -0.1) is 0 Å². The van der Waals surface area contributed by atoms with Gasteiger partial charge in [0.15, 0.2) is 5.58 Å². The van der Waals surface area contributed by atoms with Crippen molar-refractivity contribution in [2.45, 2.75) is 6.92 Å². The fraction of sp³-hybridized carbons (Fsp3) is 0.111. The van der Waals surface area contributed by atoms with Crippen molar-refractivity contribution >= 4 is 33.1 Å². The van der Waals surface area contributed by atoms with E-state index in [-0.39, 0.29) is 0 Å². The van der Waals surface area contributed by atoms with Gasteiger partial charge in [-0.2, -0.15) is 4.57 Å². The predicted octanol–water partition coefficient (Wildman–Crippen LogP) is 5.94. The molecule has 3 aromatic heterocycles. The third-order valence-electron chi connectivity index (χ3n) is 6.32. The highest BCUT2D eigenvalue weighted by Gasteiger charge is 2.23. The van der Waals surface area contributed by atoms with E-state index in [4.69, 9.17) is 9.40 Å². The third-order valence-corrected chi connectivity index (χ3v) is 6.32. The molecule has 4 nitrogen and oxygen atoms in total. The average molecular weight is 404 g/mol. The van der Waals surface area contributed by atoms with Crippen LogP contribution in [-0.4, -0.2) is 9.55 Å². The van der Waals surface area contributed by atoms with Crippen molar-refractivity contribution in [2.24, 2.45) is 14.1 Å². The molecule has 0 bridgehead atoms. The Labute approximate surface area is 180 Å². The van der Waals surface area contributed by atoms with Gasteiger partial charge in [0, 0.05) is 24.2 Å². The van der Waals surface area contributed by atoms with Crippen LogP contribution in [0.3, 0.4) is 0 Å². The second kappa shape index (κ2) is 6.54. The quantitative estimate of drug-likeness (QED) is 0.335. The zero-order valence-corrected chi connectivity index (χ0v) is 17.8. The lowest BCUT2D eigenvalue weighted by Crippen LogP contribution is -2.31.